The van der Waals surface area contributed by atoms with Crippen LogP contribution in [0.15, 0.2) is 34.9 Å². The number of rotatable bonds is 8. The van der Waals surface area contributed by atoms with Crippen LogP contribution in [0.1, 0.15) is 62.7 Å². The van der Waals surface area contributed by atoms with Gasteiger partial charge in [0.25, 0.3) is 0 Å². The number of carbonyl (C=O) groups is 1. The number of benzene rings is 1. The summed E-state index contributed by atoms with van der Waals surface area (Å²) in [6.45, 7) is 6.26. The number of hydrogen-bond donors (Lipinski definition) is 0. The Morgan fingerprint density at radius 2 is 2.00 bits per heavy atom. The van der Waals surface area contributed by atoms with Crippen LogP contribution in [0.3, 0.4) is 0 Å². The van der Waals surface area contributed by atoms with Crippen molar-refractivity contribution in [1.82, 2.24) is 15.0 Å². The van der Waals surface area contributed by atoms with Gasteiger partial charge in [0.05, 0.1) is 12.7 Å². The lowest BCUT2D eigenvalue weighted by Gasteiger charge is -2.32. The molecule has 0 N–H and O–H groups in total. The Kier molecular flexibility index (Phi) is 6.98. The van der Waals surface area contributed by atoms with Crippen LogP contribution in [0.5, 0.6) is 0 Å². The maximum atomic E-state index is 12.4. The van der Waals surface area contributed by atoms with E-state index in [0.29, 0.717) is 25.3 Å². The molecule has 0 aliphatic carbocycles. The summed E-state index contributed by atoms with van der Waals surface area (Å²) in [6, 6.07) is 10.2. The fourth-order valence-corrected chi connectivity index (χ4v) is 3.21. The van der Waals surface area contributed by atoms with Crippen molar-refractivity contribution in [2.75, 3.05) is 13.1 Å². The lowest BCUT2D eigenvalue weighted by atomic mass is 10.1. The molecule has 0 bridgehead atoms. The van der Waals surface area contributed by atoms with Crippen molar-refractivity contribution in [2.45, 2.75) is 64.6 Å². The molecule has 1 amide bonds. The van der Waals surface area contributed by atoms with Crippen molar-refractivity contribution in [3.05, 3.63) is 47.6 Å². The second-order valence-electron chi connectivity index (χ2n) is 7.43. The predicted molar refractivity (Wildman–Crippen MR) is 102 cm³/mol. The molecule has 0 spiro atoms. The highest BCUT2D eigenvalue weighted by Gasteiger charge is 2.23. The fraction of sp³-hybridized carbons (Fsp3) is 0.571. The van der Waals surface area contributed by atoms with Gasteiger partial charge in [0.2, 0.25) is 11.8 Å². The molecule has 0 unspecified atom stereocenters. The number of aryl methyl sites for hydroxylation is 1. The van der Waals surface area contributed by atoms with E-state index >= 15 is 0 Å². The van der Waals surface area contributed by atoms with E-state index in [2.05, 4.69) is 22.3 Å². The van der Waals surface area contributed by atoms with Crippen molar-refractivity contribution in [3.8, 4) is 0 Å². The Labute approximate surface area is 160 Å². The van der Waals surface area contributed by atoms with Crippen LogP contribution in [-0.2, 0) is 22.6 Å². The molecular weight excluding hydrogens is 342 g/mol. The molecule has 1 aromatic heterocycles. The summed E-state index contributed by atoms with van der Waals surface area (Å²) < 4.78 is 11.2. The molecule has 0 radical (unpaired) electrons. The first-order valence-corrected chi connectivity index (χ1v) is 9.87. The van der Waals surface area contributed by atoms with Crippen molar-refractivity contribution in [2.24, 2.45) is 0 Å². The molecule has 1 aliphatic heterocycles. The van der Waals surface area contributed by atoms with Crippen molar-refractivity contribution < 1.29 is 14.1 Å². The Morgan fingerprint density at radius 3 is 2.67 bits per heavy atom. The minimum absolute atomic E-state index is 0.208. The minimum atomic E-state index is 0.208. The molecular formula is C21H29N3O3. The SMILES string of the molecule is CC(C)c1noc(CCCC(=O)N2CCC(OCc3ccccc3)CC2)n1. The molecule has 0 saturated carbocycles. The molecule has 146 valence electrons. The Hall–Kier alpha value is -2.21. The summed E-state index contributed by atoms with van der Waals surface area (Å²) in [5, 5.41) is 3.96. The number of aromatic nitrogens is 2. The quantitative estimate of drug-likeness (QED) is 0.707. The second-order valence-corrected chi connectivity index (χ2v) is 7.43. The van der Waals surface area contributed by atoms with Crippen molar-refractivity contribution in [1.29, 1.82) is 0 Å². The van der Waals surface area contributed by atoms with Crippen LogP contribution < -0.4 is 0 Å². The molecule has 1 fully saturated rings. The average molecular weight is 371 g/mol. The van der Waals surface area contributed by atoms with Crippen molar-refractivity contribution >= 4 is 5.91 Å². The topological polar surface area (TPSA) is 68.5 Å². The van der Waals surface area contributed by atoms with Gasteiger partial charge in [-0.3, -0.25) is 4.79 Å². The zero-order chi connectivity index (χ0) is 19.1. The van der Waals surface area contributed by atoms with E-state index in [4.69, 9.17) is 9.26 Å². The first-order valence-electron chi connectivity index (χ1n) is 9.87. The van der Waals surface area contributed by atoms with Crippen LogP contribution in [-0.4, -0.2) is 40.1 Å². The highest BCUT2D eigenvalue weighted by atomic mass is 16.5. The number of piperidine rings is 1. The van der Waals surface area contributed by atoms with Gasteiger partial charge in [-0.2, -0.15) is 4.98 Å². The third-order valence-corrected chi connectivity index (χ3v) is 4.90. The third kappa shape index (κ3) is 5.89. The zero-order valence-electron chi connectivity index (χ0n) is 16.3. The minimum Gasteiger partial charge on any atom is -0.373 e. The maximum Gasteiger partial charge on any atom is 0.226 e. The largest absolute Gasteiger partial charge is 0.373 e. The summed E-state index contributed by atoms with van der Waals surface area (Å²) in [4.78, 5) is 18.7. The molecule has 3 rings (SSSR count). The number of amides is 1. The highest BCUT2D eigenvalue weighted by Crippen LogP contribution is 2.17. The molecule has 2 heterocycles. The second kappa shape index (κ2) is 9.65. The summed E-state index contributed by atoms with van der Waals surface area (Å²) in [7, 11) is 0. The maximum absolute atomic E-state index is 12.4. The molecule has 1 saturated heterocycles. The molecule has 0 atom stereocenters. The number of likely N-dealkylation sites (tertiary alicyclic amines) is 1. The molecule has 6 heteroatoms. The number of hydrogen-bond acceptors (Lipinski definition) is 5. The van der Waals surface area contributed by atoms with Gasteiger partial charge in [-0.1, -0.05) is 49.3 Å². The molecule has 27 heavy (non-hydrogen) atoms. The fourth-order valence-electron chi connectivity index (χ4n) is 3.21. The van der Waals surface area contributed by atoms with Gasteiger partial charge in [0.15, 0.2) is 5.82 Å². The van der Waals surface area contributed by atoms with Crippen LogP contribution >= 0.6 is 0 Å². The lowest BCUT2D eigenvalue weighted by molar-refractivity contribution is -0.134. The lowest BCUT2D eigenvalue weighted by Crippen LogP contribution is -2.40. The first-order chi connectivity index (χ1) is 13.1. The molecule has 2 aromatic rings. The molecule has 1 aliphatic rings. The van der Waals surface area contributed by atoms with E-state index in [1.807, 2.05) is 36.9 Å². The summed E-state index contributed by atoms with van der Waals surface area (Å²) in [5.74, 6) is 1.82. The van der Waals surface area contributed by atoms with E-state index in [1.54, 1.807) is 0 Å². The van der Waals surface area contributed by atoms with Gasteiger partial charge < -0.3 is 14.2 Å². The van der Waals surface area contributed by atoms with Crippen LogP contribution in [0.2, 0.25) is 0 Å². The van der Waals surface area contributed by atoms with Crippen LogP contribution in [0.4, 0.5) is 0 Å². The van der Waals surface area contributed by atoms with Gasteiger partial charge in [-0.05, 0) is 24.8 Å². The smallest absolute Gasteiger partial charge is 0.226 e. The Balaban J connectivity index is 1.33. The molecule has 1 aromatic carbocycles. The summed E-state index contributed by atoms with van der Waals surface area (Å²) in [5.41, 5.74) is 1.19. The van der Waals surface area contributed by atoms with Crippen molar-refractivity contribution in [3.63, 3.8) is 0 Å². The predicted octanol–water partition coefficient (Wildman–Crippen LogP) is 3.72. The highest BCUT2D eigenvalue weighted by molar-refractivity contribution is 5.76. The zero-order valence-corrected chi connectivity index (χ0v) is 16.3. The average Bonchev–Trinajstić information content (AvgIpc) is 3.17. The monoisotopic (exact) mass is 371 g/mol. The number of nitrogens with zero attached hydrogens (tertiary/aromatic N) is 3. The van der Waals surface area contributed by atoms with E-state index in [0.717, 1.165) is 38.2 Å². The van der Waals surface area contributed by atoms with Gasteiger partial charge in [-0.15, -0.1) is 0 Å². The summed E-state index contributed by atoms with van der Waals surface area (Å²) >= 11 is 0. The van der Waals surface area contributed by atoms with E-state index in [9.17, 15) is 4.79 Å². The third-order valence-electron chi connectivity index (χ3n) is 4.90. The summed E-state index contributed by atoms with van der Waals surface area (Å²) in [6.07, 6.45) is 3.96. The van der Waals surface area contributed by atoms with Crippen LogP contribution in [0, 0.1) is 0 Å². The molecule has 6 nitrogen and oxygen atoms in total. The van der Waals surface area contributed by atoms with E-state index in [1.165, 1.54) is 5.56 Å². The Bertz CT molecular complexity index is 706. The van der Waals surface area contributed by atoms with Gasteiger partial charge >= 0.3 is 0 Å². The normalized spacial score (nSPS) is 15.4. The number of ether oxygens (including phenoxy) is 1. The van der Waals surface area contributed by atoms with Gasteiger partial charge in [-0.25, -0.2) is 0 Å². The van der Waals surface area contributed by atoms with Gasteiger partial charge in [0, 0.05) is 31.8 Å². The van der Waals surface area contributed by atoms with E-state index < -0.39 is 0 Å². The standard InChI is InChI=1S/C21H29N3O3/c1-16(2)21-22-19(27-23-21)9-6-10-20(25)24-13-11-18(12-14-24)26-15-17-7-4-3-5-8-17/h3-5,7-8,16,18H,6,9-15H2,1-2H3. The van der Waals surface area contributed by atoms with Gasteiger partial charge in [0.1, 0.15) is 0 Å². The number of carbonyl (C=O) groups excluding carboxylic acids is 1. The van der Waals surface area contributed by atoms with Crippen LogP contribution in [0.25, 0.3) is 0 Å². The first kappa shape index (κ1) is 19.5. The van der Waals surface area contributed by atoms with E-state index in [-0.39, 0.29) is 17.9 Å². The Morgan fingerprint density at radius 1 is 1.26 bits per heavy atom.